The molecule has 2 fully saturated rings. The zero-order valence-electron chi connectivity index (χ0n) is 7.07. The lowest BCUT2D eigenvalue weighted by Gasteiger charge is -2.28. The van der Waals surface area contributed by atoms with E-state index < -0.39 is 11.3 Å². The van der Waals surface area contributed by atoms with E-state index >= 15 is 0 Å². The maximum atomic E-state index is 12.7. The molecule has 0 spiro atoms. The van der Waals surface area contributed by atoms with Crippen LogP contribution in [0.2, 0.25) is 0 Å². The number of ether oxygens (including phenoxy) is 1. The minimum Gasteiger partial charge on any atom is -0.375 e. The Morgan fingerprint density at radius 3 is 2.42 bits per heavy atom. The van der Waals surface area contributed by atoms with Gasteiger partial charge in [-0.2, -0.15) is 0 Å². The molecule has 0 aromatic carbocycles. The summed E-state index contributed by atoms with van der Waals surface area (Å²) in [5, 5.41) is 3.03. The maximum absolute atomic E-state index is 12.7. The fraction of sp³-hybridized carbons (Fsp3) is 1.00. The van der Waals surface area contributed by atoms with E-state index in [4.69, 9.17) is 4.74 Å². The second-order valence-electron chi connectivity index (χ2n) is 4.03. The minimum atomic E-state index is -2.48. The third-order valence-corrected chi connectivity index (χ3v) is 2.75. The second kappa shape index (κ2) is 2.39. The summed E-state index contributed by atoms with van der Waals surface area (Å²) < 4.78 is 30.6. The summed E-state index contributed by atoms with van der Waals surface area (Å²) in [7, 11) is 0. The number of nitrogens with one attached hydrogen (secondary N) is 1. The predicted octanol–water partition coefficient (Wildman–Crippen LogP) is 1.02. The van der Waals surface area contributed by atoms with Crippen molar-refractivity contribution < 1.29 is 13.5 Å². The van der Waals surface area contributed by atoms with Gasteiger partial charge < -0.3 is 10.1 Å². The first kappa shape index (κ1) is 8.38. The van der Waals surface area contributed by atoms with Crippen LogP contribution < -0.4 is 5.32 Å². The number of hydrogen-bond acceptors (Lipinski definition) is 2. The SMILES string of the molecule is CC1(COC2CNC2)CC1(F)F. The molecule has 12 heavy (non-hydrogen) atoms. The molecule has 1 N–H and O–H groups in total. The standard InChI is InChI=1S/C8H13F2NO/c1-7(4-8(7,9)10)5-12-6-2-11-3-6/h6,11H,2-5H2,1H3. The van der Waals surface area contributed by atoms with Crippen molar-refractivity contribution in [3.05, 3.63) is 0 Å². The molecule has 0 radical (unpaired) electrons. The molecule has 1 aliphatic heterocycles. The third-order valence-electron chi connectivity index (χ3n) is 2.75. The molecule has 2 rings (SSSR count). The molecular weight excluding hydrogens is 164 g/mol. The lowest BCUT2D eigenvalue weighted by molar-refractivity contribution is -0.0344. The topological polar surface area (TPSA) is 21.3 Å². The van der Waals surface area contributed by atoms with Crippen LogP contribution in [0.25, 0.3) is 0 Å². The van der Waals surface area contributed by atoms with Crippen LogP contribution in [0.3, 0.4) is 0 Å². The van der Waals surface area contributed by atoms with Crippen LogP contribution in [-0.2, 0) is 4.74 Å². The van der Waals surface area contributed by atoms with Crippen molar-refractivity contribution in [2.24, 2.45) is 5.41 Å². The highest BCUT2D eigenvalue weighted by molar-refractivity contribution is 5.07. The van der Waals surface area contributed by atoms with Gasteiger partial charge in [0.05, 0.1) is 18.1 Å². The Hall–Kier alpha value is -0.220. The van der Waals surface area contributed by atoms with Crippen LogP contribution in [0.5, 0.6) is 0 Å². The van der Waals surface area contributed by atoms with Crippen LogP contribution in [0.1, 0.15) is 13.3 Å². The van der Waals surface area contributed by atoms with Gasteiger partial charge in [0.2, 0.25) is 0 Å². The van der Waals surface area contributed by atoms with E-state index in [1.54, 1.807) is 6.92 Å². The molecule has 2 nitrogen and oxygen atoms in total. The quantitative estimate of drug-likeness (QED) is 0.695. The van der Waals surface area contributed by atoms with Gasteiger partial charge in [-0.15, -0.1) is 0 Å². The first-order valence-corrected chi connectivity index (χ1v) is 4.24. The fourth-order valence-electron chi connectivity index (χ4n) is 1.28. The van der Waals surface area contributed by atoms with Gasteiger partial charge in [-0.05, 0) is 0 Å². The molecular formula is C8H13F2NO. The Labute approximate surface area is 70.3 Å². The van der Waals surface area contributed by atoms with Gasteiger partial charge in [-0.25, -0.2) is 8.78 Å². The smallest absolute Gasteiger partial charge is 0.256 e. The Morgan fingerprint density at radius 2 is 2.08 bits per heavy atom. The summed E-state index contributed by atoms with van der Waals surface area (Å²) in [6, 6.07) is 0. The highest BCUT2D eigenvalue weighted by atomic mass is 19.3. The van der Waals surface area contributed by atoms with E-state index in [9.17, 15) is 8.78 Å². The van der Waals surface area contributed by atoms with Crippen LogP contribution in [-0.4, -0.2) is 31.7 Å². The summed E-state index contributed by atoms with van der Waals surface area (Å²) in [5.74, 6) is -2.48. The average molecular weight is 177 g/mol. The molecule has 1 saturated heterocycles. The highest BCUT2D eigenvalue weighted by Crippen LogP contribution is 2.60. The largest absolute Gasteiger partial charge is 0.375 e. The molecule has 1 atom stereocenters. The monoisotopic (exact) mass is 177 g/mol. The van der Waals surface area contributed by atoms with Crippen LogP contribution >= 0.6 is 0 Å². The molecule has 0 amide bonds. The molecule has 70 valence electrons. The average Bonchev–Trinajstić information content (AvgIpc) is 2.28. The molecule has 0 aromatic heterocycles. The van der Waals surface area contributed by atoms with Gasteiger partial charge in [-0.1, -0.05) is 6.92 Å². The minimum absolute atomic E-state index is 0.0137. The number of halogens is 2. The zero-order chi connectivity index (χ0) is 8.82. The van der Waals surface area contributed by atoms with Crippen molar-refractivity contribution in [1.29, 1.82) is 0 Å². The molecule has 4 heteroatoms. The zero-order valence-corrected chi connectivity index (χ0v) is 7.07. The maximum Gasteiger partial charge on any atom is 0.256 e. The van der Waals surface area contributed by atoms with E-state index in [0.717, 1.165) is 13.1 Å². The Morgan fingerprint density at radius 1 is 1.50 bits per heavy atom. The van der Waals surface area contributed by atoms with Crippen molar-refractivity contribution in [3.8, 4) is 0 Å². The lowest BCUT2D eigenvalue weighted by Crippen LogP contribution is -2.49. The van der Waals surface area contributed by atoms with Gasteiger partial charge in [-0.3, -0.25) is 0 Å². The summed E-state index contributed by atoms with van der Waals surface area (Å²) >= 11 is 0. The van der Waals surface area contributed by atoms with E-state index in [1.165, 1.54) is 0 Å². The molecule has 0 aromatic rings. The predicted molar refractivity (Wildman–Crippen MR) is 40.3 cm³/mol. The first-order chi connectivity index (χ1) is 5.54. The lowest BCUT2D eigenvalue weighted by atomic mass is 10.1. The summed E-state index contributed by atoms with van der Waals surface area (Å²) in [4.78, 5) is 0. The van der Waals surface area contributed by atoms with Crippen molar-refractivity contribution in [2.45, 2.75) is 25.4 Å². The molecule has 2 aliphatic rings. The molecule has 1 unspecified atom stereocenters. The van der Waals surface area contributed by atoms with E-state index in [0.29, 0.717) is 0 Å². The van der Waals surface area contributed by atoms with Crippen molar-refractivity contribution in [3.63, 3.8) is 0 Å². The normalized spacial score (nSPS) is 39.2. The van der Waals surface area contributed by atoms with Crippen molar-refractivity contribution in [2.75, 3.05) is 19.7 Å². The Kier molecular flexibility index (Phi) is 1.67. The number of hydrogen-bond donors (Lipinski definition) is 1. The number of alkyl halides is 2. The van der Waals surface area contributed by atoms with E-state index in [1.807, 2.05) is 0 Å². The van der Waals surface area contributed by atoms with Crippen LogP contribution in [0.15, 0.2) is 0 Å². The first-order valence-electron chi connectivity index (χ1n) is 4.24. The third kappa shape index (κ3) is 1.23. The molecule has 1 aliphatic carbocycles. The summed E-state index contributed by atoms with van der Waals surface area (Å²) in [6.45, 7) is 3.40. The summed E-state index contributed by atoms with van der Waals surface area (Å²) in [6.07, 6.45) is 0.151. The van der Waals surface area contributed by atoms with E-state index in [2.05, 4.69) is 5.32 Å². The van der Waals surface area contributed by atoms with Gasteiger partial charge in [0.1, 0.15) is 0 Å². The fourth-order valence-corrected chi connectivity index (χ4v) is 1.28. The van der Waals surface area contributed by atoms with Gasteiger partial charge in [0.25, 0.3) is 5.92 Å². The highest BCUT2D eigenvalue weighted by Gasteiger charge is 2.68. The van der Waals surface area contributed by atoms with Gasteiger partial charge in [0, 0.05) is 19.5 Å². The van der Waals surface area contributed by atoms with Gasteiger partial charge >= 0.3 is 0 Å². The Bertz CT molecular complexity index is 193. The van der Waals surface area contributed by atoms with Crippen molar-refractivity contribution in [1.82, 2.24) is 5.32 Å². The van der Waals surface area contributed by atoms with Gasteiger partial charge in [0.15, 0.2) is 0 Å². The van der Waals surface area contributed by atoms with E-state index in [-0.39, 0.29) is 19.1 Å². The van der Waals surface area contributed by atoms with Crippen molar-refractivity contribution >= 4 is 0 Å². The Balaban J connectivity index is 1.73. The summed E-state index contributed by atoms with van der Waals surface area (Å²) in [5.41, 5.74) is -0.872. The second-order valence-corrected chi connectivity index (χ2v) is 4.03. The molecule has 1 saturated carbocycles. The number of rotatable bonds is 3. The van der Waals surface area contributed by atoms with Crippen LogP contribution in [0, 0.1) is 5.41 Å². The molecule has 0 bridgehead atoms. The van der Waals surface area contributed by atoms with Crippen LogP contribution in [0.4, 0.5) is 8.78 Å². The molecule has 1 heterocycles.